The molecule has 176 valence electrons. The highest BCUT2D eigenvalue weighted by atomic mass is 16.1. The van der Waals surface area contributed by atoms with Crippen molar-refractivity contribution in [3.8, 4) is 11.4 Å². The lowest BCUT2D eigenvalue weighted by molar-refractivity contribution is 0.0938. The molecule has 6 rings (SSSR count). The van der Waals surface area contributed by atoms with Crippen LogP contribution in [0.1, 0.15) is 34.7 Å². The van der Waals surface area contributed by atoms with Gasteiger partial charge in [0, 0.05) is 23.9 Å². The van der Waals surface area contributed by atoms with E-state index in [0.29, 0.717) is 17.9 Å². The molecular weight excluding hydrogens is 448 g/mol. The van der Waals surface area contributed by atoms with Crippen LogP contribution in [0.4, 0.5) is 0 Å². The van der Waals surface area contributed by atoms with Crippen molar-refractivity contribution in [2.45, 2.75) is 19.5 Å². The molecule has 0 aliphatic carbocycles. The van der Waals surface area contributed by atoms with Gasteiger partial charge in [-0.1, -0.05) is 60.7 Å². The van der Waals surface area contributed by atoms with Gasteiger partial charge in [0.25, 0.3) is 5.91 Å². The maximum absolute atomic E-state index is 13.1. The molecule has 36 heavy (non-hydrogen) atoms. The van der Waals surface area contributed by atoms with Crippen molar-refractivity contribution in [3.05, 3.63) is 114 Å². The molecule has 3 aromatic heterocycles. The molecule has 0 bridgehead atoms. The van der Waals surface area contributed by atoms with Gasteiger partial charge < -0.3 is 14.9 Å². The smallest absolute Gasteiger partial charge is 0.251 e. The number of carbonyl (C=O) groups excluding carboxylic acids is 1. The number of nitrogens with zero attached hydrogens (tertiary/aromatic N) is 4. The summed E-state index contributed by atoms with van der Waals surface area (Å²) in [5.41, 5.74) is 6.18. The zero-order chi connectivity index (χ0) is 24.5. The Labute approximate surface area is 207 Å². The minimum absolute atomic E-state index is 0.179. The average Bonchev–Trinajstić information content (AvgIpc) is 3.51. The van der Waals surface area contributed by atoms with E-state index in [0.717, 1.165) is 33.5 Å². The van der Waals surface area contributed by atoms with Crippen LogP contribution in [0.5, 0.6) is 0 Å². The van der Waals surface area contributed by atoms with Crippen molar-refractivity contribution in [1.82, 2.24) is 29.8 Å². The average molecular weight is 473 g/mol. The predicted octanol–water partition coefficient (Wildman–Crippen LogP) is 5.51. The van der Waals surface area contributed by atoms with Crippen molar-refractivity contribution in [3.63, 3.8) is 0 Å². The highest BCUT2D eigenvalue weighted by molar-refractivity contribution is 5.98. The van der Waals surface area contributed by atoms with E-state index < -0.39 is 0 Å². The highest BCUT2D eigenvalue weighted by Crippen LogP contribution is 2.27. The van der Waals surface area contributed by atoms with Crippen molar-refractivity contribution in [2.75, 3.05) is 0 Å². The molecule has 6 aromatic rings. The third-order valence-electron chi connectivity index (χ3n) is 6.29. The first-order valence-electron chi connectivity index (χ1n) is 11.9. The van der Waals surface area contributed by atoms with Crippen LogP contribution in [-0.2, 0) is 6.54 Å². The van der Waals surface area contributed by atoms with Crippen LogP contribution in [0.25, 0.3) is 33.5 Å². The summed E-state index contributed by atoms with van der Waals surface area (Å²) in [4.78, 5) is 30.0. The number of rotatable bonds is 6. The molecule has 1 unspecified atom stereocenters. The maximum Gasteiger partial charge on any atom is 0.251 e. The van der Waals surface area contributed by atoms with E-state index in [-0.39, 0.29) is 11.9 Å². The van der Waals surface area contributed by atoms with E-state index in [4.69, 9.17) is 4.98 Å². The Morgan fingerprint density at radius 2 is 1.72 bits per heavy atom. The van der Waals surface area contributed by atoms with E-state index in [2.05, 4.69) is 49.1 Å². The number of imidazole rings is 2. The molecule has 0 aliphatic heterocycles. The van der Waals surface area contributed by atoms with Crippen LogP contribution in [-0.4, -0.2) is 30.4 Å². The Morgan fingerprint density at radius 3 is 2.50 bits per heavy atom. The molecule has 2 N–H and O–H groups in total. The number of H-pyrrole nitrogens is 1. The molecule has 7 nitrogen and oxygen atoms in total. The Bertz CT molecular complexity index is 1640. The van der Waals surface area contributed by atoms with Crippen molar-refractivity contribution in [2.24, 2.45) is 0 Å². The van der Waals surface area contributed by atoms with Gasteiger partial charge in [-0.3, -0.25) is 9.78 Å². The number of benzene rings is 3. The summed E-state index contributed by atoms with van der Waals surface area (Å²) in [6.07, 6.45) is 3.43. The fraction of sp³-hybridized carbons (Fsp3) is 0.103. The molecular formula is C29H24N6O. The molecule has 0 radical (unpaired) electrons. The first-order chi connectivity index (χ1) is 17.7. The summed E-state index contributed by atoms with van der Waals surface area (Å²) in [5.74, 6) is 1.38. The molecule has 0 spiro atoms. The normalized spacial score (nSPS) is 12.1. The number of nitrogens with one attached hydrogen (secondary N) is 2. The van der Waals surface area contributed by atoms with Gasteiger partial charge in [-0.05, 0) is 36.8 Å². The SMILES string of the molecule is CC(NC(=O)c1ccc2c(c1)nc(-c1ccccc1)n2Cc1ccccc1)c1nc2ccncc2[nH]1. The second-order valence-electron chi connectivity index (χ2n) is 8.79. The van der Waals surface area contributed by atoms with Crippen LogP contribution in [0, 0.1) is 0 Å². The van der Waals surface area contributed by atoms with E-state index in [1.165, 1.54) is 5.56 Å². The van der Waals surface area contributed by atoms with Crippen molar-refractivity contribution < 1.29 is 4.79 Å². The summed E-state index contributed by atoms with van der Waals surface area (Å²) in [6.45, 7) is 2.59. The number of aromatic amines is 1. The molecule has 3 aromatic carbocycles. The number of fused-ring (bicyclic) bond motifs is 2. The van der Waals surface area contributed by atoms with Crippen LogP contribution in [0.15, 0.2) is 97.3 Å². The second kappa shape index (κ2) is 9.11. The second-order valence-corrected chi connectivity index (χ2v) is 8.79. The zero-order valence-corrected chi connectivity index (χ0v) is 19.7. The van der Waals surface area contributed by atoms with Gasteiger partial charge in [-0.2, -0.15) is 0 Å². The highest BCUT2D eigenvalue weighted by Gasteiger charge is 2.18. The van der Waals surface area contributed by atoms with Gasteiger partial charge in [0.2, 0.25) is 0 Å². The summed E-state index contributed by atoms with van der Waals surface area (Å²) in [6, 6.07) is 27.7. The molecule has 0 saturated heterocycles. The molecule has 3 heterocycles. The van der Waals surface area contributed by atoms with Crippen molar-refractivity contribution in [1.29, 1.82) is 0 Å². The summed E-state index contributed by atoms with van der Waals surface area (Å²) < 4.78 is 2.20. The van der Waals surface area contributed by atoms with Crippen LogP contribution in [0.3, 0.4) is 0 Å². The maximum atomic E-state index is 13.1. The number of amides is 1. The first-order valence-corrected chi connectivity index (χ1v) is 11.9. The van der Waals surface area contributed by atoms with Crippen molar-refractivity contribution >= 4 is 28.0 Å². The van der Waals surface area contributed by atoms with Gasteiger partial charge >= 0.3 is 0 Å². The van der Waals surface area contributed by atoms with Gasteiger partial charge in [0.05, 0.1) is 34.3 Å². The van der Waals surface area contributed by atoms with Crippen LogP contribution >= 0.6 is 0 Å². The Kier molecular flexibility index (Phi) is 5.50. The lowest BCUT2D eigenvalue weighted by Crippen LogP contribution is -2.27. The zero-order valence-electron chi connectivity index (χ0n) is 19.7. The quantitative estimate of drug-likeness (QED) is 0.334. The van der Waals surface area contributed by atoms with E-state index >= 15 is 0 Å². The van der Waals surface area contributed by atoms with E-state index in [1.54, 1.807) is 12.4 Å². The standard InChI is InChI=1S/C29H24N6O/c1-19(27-32-23-14-15-30-17-25(23)33-27)31-29(36)22-12-13-26-24(16-22)34-28(21-10-6-3-7-11-21)35(26)18-20-8-4-2-5-9-20/h2-17,19H,18H2,1H3,(H,31,36)(H,32,33). The third-order valence-corrected chi connectivity index (χ3v) is 6.29. The minimum Gasteiger partial charge on any atom is -0.342 e. The molecule has 1 amide bonds. The van der Waals surface area contributed by atoms with Gasteiger partial charge in [-0.15, -0.1) is 0 Å². The van der Waals surface area contributed by atoms with Crippen LogP contribution < -0.4 is 5.32 Å². The largest absolute Gasteiger partial charge is 0.342 e. The monoisotopic (exact) mass is 472 g/mol. The topological polar surface area (TPSA) is 88.5 Å². The Hall–Kier alpha value is -4.78. The molecule has 0 aliphatic rings. The summed E-state index contributed by atoms with van der Waals surface area (Å²) in [7, 11) is 0. The Morgan fingerprint density at radius 1 is 0.944 bits per heavy atom. The number of aromatic nitrogens is 5. The molecule has 0 saturated carbocycles. The lowest BCUT2D eigenvalue weighted by atomic mass is 10.1. The molecule has 1 atom stereocenters. The van der Waals surface area contributed by atoms with E-state index in [1.807, 2.05) is 67.6 Å². The number of pyridine rings is 1. The lowest BCUT2D eigenvalue weighted by Gasteiger charge is -2.12. The number of hydrogen-bond acceptors (Lipinski definition) is 4. The first kappa shape index (κ1) is 21.7. The fourth-order valence-corrected chi connectivity index (χ4v) is 4.43. The molecule has 7 heteroatoms. The number of carbonyl (C=O) groups is 1. The third kappa shape index (κ3) is 4.11. The van der Waals surface area contributed by atoms with Gasteiger partial charge in [0.1, 0.15) is 11.6 Å². The Balaban J connectivity index is 1.33. The predicted molar refractivity (Wildman–Crippen MR) is 140 cm³/mol. The minimum atomic E-state index is -0.295. The van der Waals surface area contributed by atoms with Gasteiger partial charge in [-0.25, -0.2) is 9.97 Å². The van der Waals surface area contributed by atoms with E-state index in [9.17, 15) is 4.79 Å². The molecule has 0 fully saturated rings. The van der Waals surface area contributed by atoms with Gasteiger partial charge in [0.15, 0.2) is 0 Å². The summed E-state index contributed by atoms with van der Waals surface area (Å²) >= 11 is 0. The van der Waals surface area contributed by atoms with Crippen LogP contribution in [0.2, 0.25) is 0 Å². The fourth-order valence-electron chi connectivity index (χ4n) is 4.43. The number of hydrogen-bond donors (Lipinski definition) is 2. The summed E-state index contributed by atoms with van der Waals surface area (Å²) in [5, 5.41) is 3.04.